The predicted octanol–water partition coefficient (Wildman–Crippen LogP) is 2.93. The Kier molecular flexibility index (Phi) is 8.05. The lowest BCUT2D eigenvalue weighted by molar-refractivity contribution is -0.384. The van der Waals surface area contributed by atoms with E-state index in [1.807, 2.05) is 19.1 Å². The van der Waals surface area contributed by atoms with Crippen molar-refractivity contribution in [3.05, 3.63) is 68.2 Å². The number of nitrogens with one attached hydrogen (secondary N) is 3. The Morgan fingerprint density at radius 3 is 2.60 bits per heavy atom. The minimum atomic E-state index is -0.882. The van der Waals surface area contributed by atoms with E-state index < -0.39 is 22.8 Å². The van der Waals surface area contributed by atoms with Gasteiger partial charge in [-0.15, -0.1) is 0 Å². The summed E-state index contributed by atoms with van der Waals surface area (Å²) in [6, 6.07) is 9.86. The predicted molar refractivity (Wildman–Crippen MR) is 115 cm³/mol. The van der Waals surface area contributed by atoms with Crippen LogP contribution in [0.1, 0.15) is 29.3 Å². The second kappa shape index (κ2) is 10.5. The molecule has 0 radical (unpaired) electrons. The van der Waals surface area contributed by atoms with Crippen molar-refractivity contribution in [2.45, 2.75) is 26.3 Å². The van der Waals surface area contributed by atoms with E-state index in [0.29, 0.717) is 5.69 Å². The highest BCUT2D eigenvalue weighted by atomic mass is 79.9. The summed E-state index contributed by atoms with van der Waals surface area (Å²) in [5.41, 5.74) is 1.45. The monoisotopic (exact) mass is 476 g/mol. The van der Waals surface area contributed by atoms with E-state index in [0.717, 1.165) is 16.1 Å². The molecule has 2 rings (SSSR count). The van der Waals surface area contributed by atoms with Crippen LogP contribution in [0.2, 0.25) is 0 Å². The maximum atomic E-state index is 12.2. The molecule has 3 amide bonds. The zero-order valence-electron chi connectivity index (χ0n) is 16.4. The van der Waals surface area contributed by atoms with Crippen LogP contribution in [-0.4, -0.2) is 35.2 Å². The average molecular weight is 477 g/mol. The smallest absolute Gasteiger partial charge is 0.270 e. The van der Waals surface area contributed by atoms with Crippen LogP contribution in [0.5, 0.6) is 0 Å². The largest absolute Gasteiger partial charge is 0.354 e. The Morgan fingerprint density at radius 2 is 1.90 bits per heavy atom. The van der Waals surface area contributed by atoms with Gasteiger partial charge in [0.1, 0.15) is 6.04 Å². The molecule has 3 N–H and O–H groups in total. The van der Waals surface area contributed by atoms with Gasteiger partial charge in [0.2, 0.25) is 11.8 Å². The van der Waals surface area contributed by atoms with Crippen molar-refractivity contribution >= 4 is 45.0 Å². The van der Waals surface area contributed by atoms with E-state index in [2.05, 4.69) is 31.9 Å². The Labute approximate surface area is 181 Å². The number of rotatable bonds is 8. The Balaban J connectivity index is 1.81. The van der Waals surface area contributed by atoms with E-state index in [9.17, 15) is 24.5 Å². The van der Waals surface area contributed by atoms with Gasteiger partial charge in [0, 0.05) is 40.8 Å². The summed E-state index contributed by atoms with van der Waals surface area (Å²) in [5, 5.41) is 18.6. The number of anilines is 1. The standard InChI is InChI=1S/C20H21BrN4O5/c1-12-6-7-15(21)11-17(12)24-18(26)8-9-22-19(27)13(2)23-20(28)14-4-3-5-16(10-14)25(29)30/h3-7,10-11,13H,8-9H2,1-2H3,(H,22,27)(H,23,28)(H,24,26). The van der Waals surface area contributed by atoms with Gasteiger partial charge >= 0.3 is 0 Å². The van der Waals surface area contributed by atoms with Crippen molar-refractivity contribution in [3.63, 3.8) is 0 Å². The van der Waals surface area contributed by atoms with Crippen molar-refractivity contribution in [2.75, 3.05) is 11.9 Å². The molecule has 0 bridgehead atoms. The third-order valence-electron chi connectivity index (χ3n) is 4.19. The van der Waals surface area contributed by atoms with Crippen molar-refractivity contribution in [1.82, 2.24) is 10.6 Å². The number of non-ortho nitro benzene ring substituents is 1. The zero-order valence-corrected chi connectivity index (χ0v) is 18.0. The van der Waals surface area contributed by atoms with Crippen LogP contribution in [0.4, 0.5) is 11.4 Å². The van der Waals surface area contributed by atoms with E-state index in [1.54, 1.807) is 6.07 Å². The molecule has 0 saturated carbocycles. The summed E-state index contributed by atoms with van der Waals surface area (Å²) in [7, 11) is 0. The molecule has 10 heteroatoms. The number of nitrogens with zero attached hydrogens (tertiary/aromatic N) is 1. The Morgan fingerprint density at radius 1 is 1.17 bits per heavy atom. The first-order chi connectivity index (χ1) is 14.2. The molecule has 0 saturated heterocycles. The molecule has 1 atom stereocenters. The van der Waals surface area contributed by atoms with Crippen LogP contribution in [0.15, 0.2) is 46.9 Å². The van der Waals surface area contributed by atoms with Crippen LogP contribution in [-0.2, 0) is 9.59 Å². The van der Waals surface area contributed by atoms with Gasteiger partial charge < -0.3 is 16.0 Å². The van der Waals surface area contributed by atoms with E-state index in [-0.39, 0.29) is 30.1 Å². The second-order valence-electron chi connectivity index (χ2n) is 6.55. The fourth-order valence-corrected chi connectivity index (χ4v) is 2.86. The summed E-state index contributed by atoms with van der Waals surface area (Å²) in [6.45, 7) is 3.44. The molecule has 0 aliphatic carbocycles. The number of carbonyl (C=O) groups excluding carboxylic acids is 3. The number of hydrogen-bond acceptors (Lipinski definition) is 5. The summed E-state index contributed by atoms with van der Waals surface area (Å²) in [6.07, 6.45) is 0.0588. The summed E-state index contributed by atoms with van der Waals surface area (Å²) in [5.74, 6) is -1.34. The summed E-state index contributed by atoms with van der Waals surface area (Å²) in [4.78, 5) is 46.6. The Bertz CT molecular complexity index is 979. The summed E-state index contributed by atoms with van der Waals surface area (Å²) < 4.78 is 0.838. The normalized spacial score (nSPS) is 11.3. The maximum Gasteiger partial charge on any atom is 0.270 e. The number of carbonyl (C=O) groups is 3. The maximum absolute atomic E-state index is 12.2. The highest BCUT2D eigenvalue weighted by Gasteiger charge is 2.18. The molecule has 158 valence electrons. The molecule has 1 unspecified atom stereocenters. The van der Waals surface area contributed by atoms with Crippen LogP contribution in [0.25, 0.3) is 0 Å². The number of halogens is 1. The van der Waals surface area contributed by atoms with Crippen molar-refractivity contribution in [3.8, 4) is 0 Å². The number of aryl methyl sites for hydroxylation is 1. The topological polar surface area (TPSA) is 130 Å². The van der Waals surface area contributed by atoms with E-state index in [4.69, 9.17) is 0 Å². The van der Waals surface area contributed by atoms with Crippen LogP contribution in [0, 0.1) is 17.0 Å². The van der Waals surface area contributed by atoms with Gasteiger partial charge in [0.15, 0.2) is 0 Å². The fourth-order valence-electron chi connectivity index (χ4n) is 2.50. The lowest BCUT2D eigenvalue weighted by Crippen LogP contribution is -2.45. The van der Waals surface area contributed by atoms with E-state index in [1.165, 1.54) is 25.1 Å². The molecule has 2 aromatic carbocycles. The molecule has 2 aromatic rings. The van der Waals surface area contributed by atoms with Gasteiger partial charge in [-0.1, -0.05) is 28.1 Å². The molecule has 9 nitrogen and oxygen atoms in total. The fraction of sp³-hybridized carbons (Fsp3) is 0.250. The molecular formula is C20H21BrN4O5. The van der Waals surface area contributed by atoms with Crippen LogP contribution < -0.4 is 16.0 Å². The van der Waals surface area contributed by atoms with Gasteiger partial charge in [0.25, 0.3) is 11.6 Å². The first kappa shape index (κ1) is 23.0. The van der Waals surface area contributed by atoms with Gasteiger partial charge in [-0.2, -0.15) is 0 Å². The molecule has 0 aliphatic rings. The van der Waals surface area contributed by atoms with E-state index >= 15 is 0 Å². The van der Waals surface area contributed by atoms with Crippen molar-refractivity contribution in [1.29, 1.82) is 0 Å². The number of nitro benzene ring substituents is 1. The van der Waals surface area contributed by atoms with Crippen molar-refractivity contribution in [2.24, 2.45) is 0 Å². The molecule has 0 aliphatic heterocycles. The molecular weight excluding hydrogens is 456 g/mol. The second-order valence-corrected chi connectivity index (χ2v) is 7.47. The average Bonchev–Trinajstić information content (AvgIpc) is 2.70. The van der Waals surface area contributed by atoms with Crippen molar-refractivity contribution < 1.29 is 19.3 Å². The Hall–Kier alpha value is -3.27. The third kappa shape index (κ3) is 6.66. The molecule has 0 heterocycles. The number of benzene rings is 2. The van der Waals surface area contributed by atoms with Gasteiger partial charge in [-0.05, 0) is 37.6 Å². The first-order valence-corrected chi connectivity index (χ1v) is 9.85. The first-order valence-electron chi connectivity index (χ1n) is 9.06. The lowest BCUT2D eigenvalue weighted by Gasteiger charge is -2.14. The molecule has 0 fully saturated rings. The zero-order chi connectivity index (χ0) is 22.3. The van der Waals surface area contributed by atoms with Gasteiger partial charge in [0.05, 0.1) is 4.92 Å². The number of hydrogen-bond donors (Lipinski definition) is 3. The van der Waals surface area contributed by atoms with Crippen LogP contribution in [0.3, 0.4) is 0 Å². The molecule has 0 spiro atoms. The quantitative estimate of drug-likeness (QED) is 0.398. The van der Waals surface area contributed by atoms with Gasteiger partial charge in [-0.3, -0.25) is 24.5 Å². The minimum absolute atomic E-state index is 0.0588. The molecule has 0 aromatic heterocycles. The SMILES string of the molecule is Cc1ccc(Br)cc1NC(=O)CCNC(=O)C(C)NC(=O)c1cccc([N+](=O)[O-])c1. The number of amides is 3. The highest BCUT2D eigenvalue weighted by Crippen LogP contribution is 2.20. The lowest BCUT2D eigenvalue weighted by atomic mass is 10.1. The number of nitro groups is 1. The highest BCUT2D eigenvalue weighted by molar-refractivity contribution is 9.10. The molecule has 30 heavy (non-hydrogen) atoms. The van der Waals surface area contributed by atoms with Gasteiger partial charge in [-0.25, -0.2) is 0 Å². The summed E-state index contributed by atoms with van der Waals surface area (Å²) >= 11 is 3.35. The third-order valence-corrected chi connectivity index (χ3v) is 4.68. The minimum Gasteiger partial charge on any atom is -0.354 e. The van der Waals surface area contributed by atoms with Crippen LogP contribution >= 0.6 is 15.9 Å².